The van der Waals surface area contributed by atoms with Crippen molar-refractivity contribution in [1.29, 1.82) is 0 Å². The molecule has 0 unspecified atom stereocenters. The highest BCUT2D eigenvalue weighted by Crippen LogP contribution is 2.28. The molecule has 0 atom stereocenters. The Balaban J connectivity index is 1.90. The van der Waals surface area contributed by atoms with Crippen LogP contribution in [0.2, 0.25) is 0 Å². The highest BCUT2D eigenvalue weighted by atomic mass is 16.4. The van der Waals surface area contributed by atoms with Crippen LogP contribution in [0.1, 0.15) is 51.4 Å². The van der Waals surface area contributed by atoms with Gasteiger partial charge in [0.05, 0.1) is 0 Å². The number of amides is 2. The van der Waals surface area contributed by atoms with Crippen LogP contribution in [0.4, 0.5) is 4.79 Å². The van der Waals surface area contributed by atoms with Gasteiger partial charge in [-0.05, 0) is 31.6 Å². The zero-order valence-corrected chi connectivity index (χ0v) is 10.7. The molecular formula is C13H22N2O3. The molecule has 0 aliphatic heterocycles. The van der Waals surface area contributed by atoms with Crippen molar-refractivity contribution in [2.45, 2.75) is 56.9 Å². The lowest BCUT2D eigenvalue weighted by Gasteiger charge is -2.29. The maximum Gasteiger partial charge on any atom is 0.329 e. The zero-order valence-electron chi connectivity index (χ0n) is 10.7. The Morgan fingerprint density at radius 2 is 1.72 bits per heavy atom. The Bertz CT molecular complexity index is 318. The molecule has 2 aliphatic rings. The lowest BCUT2D eigenvalue weighted by molar-refractivity contribution is -0.145. The summed E-state index contributed by atoms with van der Waals surface area (Å²) in [5.74, 6) is -0.295. The number of carbonyl (C=O) groups is 2. The van der Waals surface area contributed by atoms with Gasteiger partial charge in [-0.1, -0.05) is 25.7 Å². The van der Waals surface area contributed by atoms with E-state index in [0.29, 0.717) is 25.3 Å². The molecule has 2 aliphatic carbocycles. The minimum atomic E-state index is -1.05. The van der Waals surface area contributed by atoms with Crippen LogP contribution < -0.4 is 10.6 Å². The average molecular weight is 254 g/mol. The minimum absolute atomic E-state index is 0.328. The molecule has 2 saturated carbocycles. The molecule has 2 fully saturated rings. The Morgan fingerprint density at radius 1 is 1.11 bits per heavy atom. The molecule has 5 heteroatoms. The third kappa shape index (κ3) is 3.37. The first-order valence-electron chi connectivity index (χ1n) is 6.92. The summed E-state index contributed by atoms with van der Waals surface area (Å²) in [4.78, 5) is 23.3. The van der Waals surface area contributed by atoms with E-state index >= 15 is 0 Å². The summed E-state index contributed by atoms with van der Waals surface area (Å²) >= 11 is 0. The van der Waals surface area contributed by atoms with E-state index in [4.69, 9.17) is 0 Å². The van der Waals surface area contributed by atoms with E-state index in [1.54, 1.807) is 0 Å². The average Bonchev–Trinajstić information content (AvgIpc) is 3.14. The van der Waals surface area contributed by atoms with Gasteiger partial charge in [-0.25, -0.2) is 9.59 Å². The molecule has 0 saturated heterocycles. The first-order valence-corrected chi connectivity index (χ1v) is 6.92. The van der Waals surface area contributed by atoms with Crippen molar-refractivity contribution < 1.29 is 14.7 Å². The molecule has 0 radical (unpaired) electrons. The largest absolute Gasteiger partial charge is 0.480 e. The number of hydrogen-bond acceptors (Lipinski definition) is 2. The summed E-state index contributed by atoms with van der Waals surface area (Å²) in [5, 5.41) is 14.9. The van der Waals surface area contributed by atoms with Crippen LogP contribution in [0.15, 0.2) is 0 Å². The summed E-state index contributed by atoms with van der Waals surface area (Å²) in [7, 11) is 0. The zero-order chi connectivity index (χ0) is 13.0. The Kier molecular flexibility index (Phi) is 4.09. The summed E-state index contributed by atoms with van der Waals surface area (Å²) in [6, 6.07) is -0.328. The molecule has 5 nitrogen and oxygen atoms in total. The third-order valence-corrected chi connectivity index (χ3v) is 3.97. The van der Waals surface area contributed by atoms with Crippen molar-refractivity contribution in [3.05, 3.63) is 0 Å². The van der Waals surface area contributed by atoms with Gasteiger partial charge in [0.2, 0.25) is 0 Å². The maximum atomic E-state index is 11.8. The van der Waals surface area contributed by atoms with Gasteiger partial charge in [0.1, 0.15) is 5.54 Å². The van der Waals surface area contributed by atoms with Crippen molar-refractivity contribution >= 4 is 12.0 Å². The second-order valence-corrected chi connectivity index (χ2v) is 5.58. The molecular weight excluding hydrogens is 232 g/mol. The second-order valence-electron chi connectivity index (χ2n) is 5.58. The molecule has 0 aromatic heterocycles. The first kappa shape index (κ1) is 13.2. The van der Waals surface area contributed by atoms with Crippen molar-refractivity contribution in [2.24, 2.45) is 5.92 Å². The van der Waals surface area contributed by atoms with E-state index in [-0.39, 0.29) is 6.03 Å². The first-order chi connectivity index (χ1) is 8.62. The van der Waals surface area contributed by atoms with Gasteiger partial charge in [-0.2, -0.15) is 0 Å². The Labute approximate surface area is 107 Å². The molecule has 18 heavy (non-hydrogen) atoms. The normalized spacial score (nSPS) is 22.9. The summed E-state index contributed by atoms with van der Waals surface area (Å²) in [6.07, 6.45) is 7.28. The van der Waals surface area contributed by atoms with E-state index in [2.05, 4.69) is 10.6 Å². The van der Waals surface area contributed by atoms with E-state index < -0.39 is 11.5 Å². The van der Waals surface area contributed by atoms with E-state index in [0.717, 1.165) is 25.7 Å². The van der Waals surface area contributed by atoms with Crippen LogP contribution in [0.25, 0.3) is 0 Å². The van der Waals surface area contributed by atoms with Gasteiger partial charge >= 0.3 is 12.0 Å². The lowest BCUT2D eigenvalue weighted by atomic mass is 9.90. The van der Waals surface area contributed by atoms with Gasteiger partial charge in [0, 0.05) is 6.54 Å². The van der Waals surface area contributed by atoms with Crippen molar-refractivity contribution in [1.82, 2.24) is 10.6 Å². The van der Waals surface area contributed by atoms with Gasteiger partial charge in [0.25, 0.3) is 0 Å². The summed E-state index contributed by atoms with van der Waals surface area (Å²) < 4.78 is 0. The quantitative estimate of drug-likeness (QED) is 0.670. The van der Waals surface area contributed by atoms with Crippen molar-refractivity contribution in [3.63, 3.8) is 0 Å². The summed E-state index contributed by atoms with van der Waals surface area (Å²) in [5.41, 5.74) is -1.05. The number of carboxylic acid groups (broad SMARTS) is 1. The molecule has 0 heterocycles. The van der Waals surface area contributed by atoms with Crippen LogP contribution >= 0.6 is 0 Å². The number of rotatable bonds is 4. The van der Waals surface area contributed by atoms with E-state index in [1.165, 1.54) is 12.8 Å². The third-order valence-electron chi connectivity index (χ3n) is 3.97. The SMILES string of the molecule is O=C(NCC1CC1)NC1(C(=O)O)CCCCCC1. The fourth-order valence-corrected chi connectivity index (χ4v) is 2.54. The standard InChI is InChI=1S/C13H22N2O3/c16-11(17)13(7-3-1-2-4-8-13)15-12(18)14-9-10-5-6-10/h10H,1-9H2,(H,16,17)(H2,14,15,18). The number of carbonyl (C=O) groups excluding carboxylic acids is 1. The van der Waals surface area contributed by atoms with Gasteiger partial charge in [-0.15, -0.1) is 0 Å². The molecule has 0 bridgehead atoms. The van der Waals surface area contributed by atoms with Crippen LogP contribution in [0.5, 0.6) is 0 Å². The molecule has 0 aromatic rings. The maximum absolute atomic E-state index is 11.8. The van der Waals surface area contributed by atoms with Gasteiger partial charge < -0.3 is 15.7 Å². The Morgan fingerprint density at radius 3 is 2.22 bits per heavy atom. The van der Waals surface area contributed by atoms with E-state index in [9.17, 15) is 14.7 Å². The van der Waals surface area contributed by atoms with E-state index in [1.807, 2.05) is 0 Å². The van der Waals surface area contributed by atoms with Crippen molar-refractivity contribution in [2.75, 3.05) is 6.54 Å². The van der Waals surface area contributed by atoms with Crippen LogP contribution in [-0.4, -0.2) is 29.2 Å². The van der Waals surface area contributed by atoms with Crippen molar-refractivity contribution in [3.8, 4) is 0 Å². The monoisotopic (exact) mass is 254 g/mol. The Hall–Kier alpha value is -1.26. The fraction of sp³-hybridized carbons (Fsp3) is 0.846. The highest BCUT2D eigenvalue weighted by Gasteiger charge is 2.40. The fourth-order valence-electron chi connectivity index (χ4n) is 2.54. The molecule has 2 rings (SSSR count). The predicted octanol–water partition coefficient (Wildman–Crippen LogP) is 1.87. The molecule has 3 N–H and O–H groups in total. The number of carboxylic acids is 1. The van der Waals surface area contributed by atoms with Gasteiger partial charge in [-0.3, -0.25) is 0 Å². The smallest absolute Gasteiger partial charge is 0.329 e. The number of nitrogens with one attached hydrogen (secondary N) is 2. The van der Waals surface area contributed by atoms with Crippen LogP contribution in [0.3, 0.4) is 0 Å². The predicted molar refractivity (Wildman–Crippen MR) is 67.3 cm³/mol. The molecule has 0 aromatic carbocycles. The van der Waals surface area contributed by atoms with Crippen LogP contribution in [-0.2, 0) is 4.79 Å². The highest BCUT2D eigenvalue weighted by molar-refractivity contribution is 5.86. The molecule has 102 valence electrons. The van der Waals surface area contributed by atoms with Gasteiger partial charge in [0.15, 0.2) is 0 Å². The second kappa shape index (κ2) is 5.59. The lowest BCUT2D eigenvalue weighted by Crippen LogP contribution is -2.57. The van der Waals surface area contributed by atoms with Crippen LogP contribution in [0, 0.1) is 5.92 Å². The molecule has 2 amide bonds. The topological polar surface area (TPSA) is 78.4 Å². The summed E-state index contributed by atoms with van der Waals surface area (Å²) in [6.45, 7) is 0.668. The number of hydrogen-bond donors (Lipinski definition) is 3. The molecule has 0 spiro atoms. The minimum Gasteiger partial charge on any atom is -0.480 e. The number of aliphatic carboxylic acids is 1. The number of urea groups is 1.